The number of nitrogens with two attached hydrogens (primary N) is 4. The lowest BCUT2D eigenvalue weighted by atomic mass is 10.1. The van der Waals surface area contributed by atoms with Gasteiger partial charge in [0.1, 0.15) is 138 Å². The molecule has 7 saturated heterocycles. The predicted molar refractivity (Wildman–Crippen MR) is 522 cm³/mol. The lowest BCUT2D eigenvalue weighted by Crippen LogP contribution is -2.34. The van der Waals surface area contributed by atoms with E-state index in [2.05, 4.69) is 74.8 Å². The van der Waals surface area contributed by atoms with Crippen molar-refractivity contribution in [1.29, 1.82) is 0 Å². The topological polar surface area (TPSA) is 829 Å². The van der Waals surface area contributed by atoms with Crippen LogP contribution in [0.25, 0.3) is 44.7 Å². The van der Waals surface area contributed by atoms with Gasteiger partial charge in [0.25, 0.3) is 27.8 Å². The van der Waals surface area contributed by atoms with Crippen LogP contribution in [0.5, 0.6) is 0 Å². The van der Waals surface area contributed by atoms with E-state index in [1.807, 2.05) is 0 Å². The Hall–Kier alpha value is -7.56. The first-order chi connectivity index (χ1) is 69.9. The third-order valence-corrected chi connectivity index (χ3v) is 35.5. The molecule has 18 heterocycles. The van der Waals surface area contributed by atoms with Gasteiger partial charge in [-0.2, -0.15) is 9.97 Å². The maximum atomic E-state index is 15.1. The van der Waals surface area contributed by atoms with Crippen molar-refractivity contribution in [3.8, 4) is 0 Å². The Morgan fingerprint density at radius 3 is 0.959 bits per heavy atom. The highest BCUT2D eigenvalue weighted by molar-refractivity contribution is 8.32. The van der Waals surface area contributed by atoms with Crippen molar-refractivity contribution >= 4 is 198 Å². The minimum Gasteiger partial charge on any atom is -0.780 e. The number of ether oxygens (including phenoxy) is 7. The number of imidazole rings is 4. The number of anilines is 4. The van der Waals surface area contributed by atoms with Gasteiger partial charge in [-0.3, -0.25) is 85.4 Å². The molecule has 18 rings (SSSR count). The highest BCUT2D eigenvalue weighted by Crippen LogP contribution is 2.58. The SMILES string of the molecule is CC[C@H]1O[C@@H](n2cnc3c(N)ncnc32)C[C@H]1OP(O)(=S)OC[C@H]1O[C@@H](n2cc(C)c(=O)[nH]c2=O)C[C@H]1OP(=O)([S-])OC[C@H]1O[C@@H](n2cc(C)c(=O)[nH]c2=O)C[C@H]1OP([O-])(=S)OC[C@H]1O[C@@H](n2cnc3c(=O)[nH]c(N)nc32)C[C@H]1OP([O-])(=S)OC[C@H]1O[C@@H](n2cnc3c(=O)[nH]c(N)nc32)C[C@H]1OP([O-])(=S)OC[C@H]1O[C@@H](n2cc(C)c(=O)[nH]c2=O)C[C@H]1OP([O-])(=S)OC[C@H]1O[C@@H](n2cnc3c(N)ncnc32)C[C@H]1OP([O-])(=S)OC. The van der Waals surface area contributed by atoms with Crippen molar-refractivity contribution in [2.24, 2.45) is 0 Å². The van der Waals surface area contributed by atoms with Crippen LogP contribution in [0, 0.1) is 20.8 Å². The largest absolute Gasteiger partial charge is 0.780 e. The van der Waals surface area contributed by atoms with Crippen molar-refractivity contribution in [1.82, 2.24) is 107 Å². The molecule has 28 atom stereocenters. The van der Waals surface area contributed by atoms with E-state index in [4.69, 9.17) is 203 Å². The van der Waals surface area contributed by atoms with Crippen LogP contribution in [0.4, 0.5) is 23.5 Å². The fraction of sp³-hybridized carbons (Fsp3) is 0.556. The maximum absolute atomic E-state index is 15.1. The van der Waals surface area contributed by atoms with Gasteiger partial charge in [-0.15, -0.1) is 0 Å². The molecule has 0 saturated carbocycles. The van der Waals surface area contributed by atoms with Gasteiger partial charge >= 0.3 is 23.8 Å². The Morgan fingerprint density at radius 1 is 0.372 bits per heavy atom. The highest BCUT2D eigenvalue weighted by atomic mass is 32.7. The third-order valence-electron chi connectivity index (χ3n) is 24.4. The molecule has 7 unspecified atom stereocenters. The number of aromatic nitrogens is 22. The molecule has 148 heavy (non-hydrogen) atoms. The van der Waals surface area contributed by atoms with E-state index in [0.29, 0.717) is 17.6 Å². The normalized spacial score (nSPS) is 29.3. The quantitative estimate of drug-likeness (QED) is 0.0140. The van der Waals surface area contributed by atoms with Gasteiger partial charge in [0.05, 0.1) is 114 Å². The lowest BCUT2D eigenvalue weighted by Gasteiger charge is -2.36. The summed E-state index contributed by atoms with van der Waals surface area (Å²) in [5, 5.41) is 0. The molecule has 7 aliphatic heterocycles. The molecule has 76 heteroatoms. The number of rotatable bonds is 41. The predicted octanol–water partition coefficient (Wildman–Crippen LogP) is -2.50. The smallest absolute Gasteiger partial charge is 0.330 e. The van der Waals surface area contributed by atoms with Gasteiger partial charge in [-0.1, -0.05) is 66.0 Å². The number of aryl methyl sites for hydroxylation is 3. The summed E-state index contributed by atoms with van der Waals surface area (Å²) in [6.07, 6.45) is -19.1. The standard InChI is InChI=1S/C72H93N26O36P7S7/c1-6-32-33(7-49(121-32)95-25-81-53-57(73)77-23-79-59(53)95)129-136(108,143)115-18-41-35(8-46(122-41)92-14-29(2)63(99)89-70(92)104)131-138(110,145)117-19-42-37(10-48(123-42)94-16-31(4)65(101)91-72(94)106)132-139(111,146)119-21-44-39(13-52(126-44)98-28-84-56-62(98)86-69(76)88-67(56)103)134-141(113,148)120-22-45-38(12-51(127-45)97-27-83-55-61(97)85-68(75)87-66(55)102)133-140(112,147)118-20-43-36(9-47(124-43)93-15-30(3)64(100)90-71(93)105)130-137(109,144)116-17-40-34(128-135(107,142)114-5)11-50(125-40)96-26-82-54-58(74)78-24-80-60(54)96/h14-16,23-28,32-52H,6-13,17-22H2,1-5H3,(H,107,142)(H,108,143)(H,109,144)(H,110,145)(H,111,146)(H,112,147)(H,113,148)(H2,73,77,79)(H2,74,78,80)(H,89,99,104)(H,90,100,105)(H,91,101,106)(H3,75,85,87,102)(H3,76,86,88,103)/p-6/t32-,33-,34-,35-,36-,37-,38-,39-,40-,41-,42-,43-,44-,45-,46-,47-,48-,49-,50-,51-,52-,135?,136?,137?,138?,139?,140?,141?/m1/s1. The third kappa shape index (κ3) is 24.8. The number of hydrogen-bond acceptors (Lipinski definition) is 56. The second-order valence-corrected chi connectivity index (χ2v) is 53.4. The second-order valence-electron chi connectivity index (χ2n) is 34.2. The summed E-state index contributed by atoms with van der Waals surface area (Å²) in [7, 11) is 1.05. The summed E-state index contributed by atoms with van der Waals surface area (Å²) in [4.78, 5) is 242. The van der Waals surface area contributed by atoms with Crippen LogP contribution >= 0.6 is 47.1 Å². The molecule has 7 fully saturated rings. The Kier molecular flexibility index (Phi) is 32.8. The molecular weight excluding hydrogens is 2250 g/mol. The lowest BCUT2D eigenvalue weighted by molar-refractivity contribution is -0.220. The monoisotopic (exact) mass is 2330 g/mol. The molecule has 0 aromatic carbocycles. The Morgan fingerprint density at radius 2 is 0.642 bits per heavy atom. The average Bonchev–Trinajstić information content (AvgIpc) is 1.62. The van der Waals surface area contributed by atoms with Crippen LogP contribution in [-0.2, 0) is 184 Å². The molecule has 7 aliphatic rings. The van der Waals surface area contributed by atoms with Crippen LogP contribution < -0.4 is 92.3 Å². The average molecular weight is 2330 g/mol. The maximum Gasteiger partial charge on any atom is 0.330 e. The van der Waals surface area contributed by atoms with Gasteiger partial charge in [-0.25, -0.2) is 54.3 Å². The van der Waals surface area contributed by atoms with Crippen LogP contribution in [0.2, 0.25) is 0 Å². The molecule has 11 aromatic rings. The van der Waals surface area contributed by atoms with E-state index >= 15 is 9.79 Å². The zero-order chi connectivity index (χ0) is 106. The summed E-state index contributed by atoms with van der Waals surface area (Å²) in [5.74, 6) is -0.571. The van der Waals surface area contributed by atoms with Crippen molar-refractivity contribution in [3.63, 3.8) is 0 Å². The van der Waals surface area contributed by atoms with Crippen LogP contribution in [0.3, 0.4) is 0 Å². The molecule has 804 valence electrons. The number of nitrogens with zero attached hydrogens (tertiary/aromatic N) is 17. The van der Waals surface area contributed by atoms with Crippen molar-refractivity contribution in [2.45, 2.75) is 208 Å². The Balaban J connectivity index is 0.564. The van der Waals surface area contributed by atoms with Gasteiger partial charge in [-0.05, 0) is 39.0 Å². The van der Waals surface area contributed by atoms with E-state index in [0.717, 1.165) is 45.9 Å². The van der Waals surface area contributed by atoms with Crippen molar-refractivity contribution < 1.29 is 130 Å². The molecule has 0 bridgehead atoms. The number of H-pyrrole nitrogens is 5. The van der Waals surface area contributed by atoms with E-state index in [9.17, 15) is 62.5 Å². The van der Waals surface area contributed by atoms with Gasteiger partial charge < -0.3 is 161 Å². The number of nitrogen functional groups attached to an aromatic ring is 4. The first-order valence-corrected chi connectivity index (χ1v) is 62.1. The fourth-order valence-corrected chi connectivity index (χ4v) is 27.1. The highest BCUT2D eigenvalue weighted by Gasteiger charge is 2.50. The summed E-state index contributed by atoms with van der Waals surface area (Å²) in [6.45, 7) is -32.6. The first-order valence-electron chi connectivity index (χ1n) is 44.2. The summed E-state index contributed by atoms with van der Waals surface area (Å²) < 4.78 is 150. The van der Waals surface area contributed by atoms with E-state index in [-0.39, 0.29) is 93.0 Å². The number of aromatic amines is 5. The van der Waals surface area contributed by atoms with E-state index in [1.165, 1.54) is 66.0 Å². The van der Waals surface area contributed by atoms with Crippen molar-refractivity contribution in [2.75, 3.05) is 69.7 Å². The second kappa shape index (κ2) is 44.0. The molecule has 11 aromatic heterocycles. The zero-order valence-electron chi connectivity index (χ0n) is 76.9. The molecule has 14 N–H and O–H groups in total. The first kappa shape index (κ1) is 110. The zero-order valence-corrected chi connectivity index (χ0v) is 88.8. The van der Waals surface area contributed by atoms with Crippen LogP contribution in [-0.4, -0.2) is 244 Å². The molecule has 0 amide bonds. The van der Waals surface area contributed by atoms with E-state index < -0.39 is 286 Å². The minimum absolute atomic E-state index is 0.0102. The van der Waals surface area contributed by atoms with Crippen LogP contribution in [0.1, 0.15) is 119 Å². The summed E-state index contributed by atoms with van der Waals surface area (Å²) >= 11 is 38.2. The van der Waals surface area contributed by atoms with Gasteiger partial charge in [0.2, 0.25) is 11.9 Å². The fourth-order valence-electron chi connectivity index (χ4n) is 17.4. The minimum atomic E-state index is -5.08. The molecular formula is C72H87N26O36P7S7-6. The van der Waals surface area contributed by atoms with Crippen LogP contribution in [0.15, 0.2) is 94.9 Å². The Bertz CT molecular complexity index is 7810. The number of hydrogen-bond donors (Lipinski definition) is 10. The van der Waals surface area contributed by atoms with Gasteiger partial charge in [0.15, 0.2) is 52.1 Å². The van der Waals surface area contributed by atoms with Gasteiger partial charge in [0, 0.05) is 87.3 Å². The molecule has 0 radical (unpaired) electrons. The van der Waals surface area contributed by atoms with E-state index in [1.54, 1.807) is 11.5 Å². The molecule has 0 spiro atoms. The molecule has 62 nitrogen and oxygen atoms in total. The number of fused-ring (bicyclic) bond motifs is 4. The summed E-state index contributed by atoms with van der Waals surface area (Å²) in [6, 6.07) is 0. The van der Waals surface area contributed by atoms with Crippen molar-refractivity contribution in [3.05, 3.63) is 156 Å². The molecule has 0 aliphatic carbocycles. The summed E-state index contributed by atoms with van der Waals surface area (Å²) in [5.41, 5.74) is 17.8. The number of nitrogens with one attached hydrogen (secondary N) is 5. The Labute approximate surface area is 864 Å².